The van der Waals surface area contributed by atoms with Gasteiger partial charge in [-0.2, -0.15) is 5.26 Å². The first-order chi connectivity index (χ1) is 9.15. The molecule has 0 aliphatic rings. The molecule has 2 rings (SSSR count). The minimum Gasteiger partial charge on any atom is -0.495 e. The summed E-state index contributed by atoms with van der Waals surface area (Å²) in [5.74, 6) is -0.657. The van der Waals surface area contributed by atoms with Crippen LogP contribution in [0.1, 0.15) is 16.1 Å². The van der Waals surface area contributed by atoms with Crippen LogP contribution in [0.15, 0.2) is 34.7 Å². The van der Waals surface area contributed by atoms with Crippen molar-refractivity contribution in [2.45, 2.75) is 0 Å². The van der Waals surface area contributed by atoms with Gasteiger partial charge in [-0.05, 0) is 18.2 Å². The minimum absolute atomic E-state index is 0.184. The number of para-hydroxylation sites is 1. The van der Waals surface area contributed by atoms with Gasteiger partial charge in [-0.15, -0.1) is 0 Å². The number of nitrogens with zero attached hydrogens (tertiary/aromatic N) is 1. The van der Waals surface area contributed by atoms with E-state index in [0.29, 0.717) is 17.0 Å². The van der Waals surface area contributed by atoms with Gasteiger partial charge in [0.1, 0.15) is 17.5 Å². The first kappa shape index (κ1) is 12.5. The summed E-state index contributed by atoms with van der Waals surface area (Å²) in [7, 11) is 1.48. The average Bonchev–Trinajstić information content (AvgIpc) is 2.87. The summed E-state index contributed by atoms with van der Waals surface area (Å²) in [6.07, 6.45) is 0. The quantitative estimate of drug-likeness (QED) is 0.875. The van der Waals surface area contributed by atoms with E-state index in [1.165, 1.54) is 19.2 Å². The van der Waals surface area contributed by atoms with E-state index < -0.39 is 5.97 Å². The standard InChI is InChI=1S/C13H10N2O4/c1-18-9-4-2-3-8(7-14)12(9)15-11-6-5-10(19-11)13(16)17/h2-6,15H,1H3,(H,16,17). The predicted octanol–water partition coefficient (Wildman–Crippen LogP) is 2.60. The van der Waals surface area contributed by atoms with Crippen molar-refractivity contribution in [3.63, 3.8) is 0 Å². The van der Waals surface area contributed by atoms with Gasteiger partial charge in [0.2, 0.25) is 5.76 Å². The van der Waals surface area contributed by atoms with Crippen molar-refractivity contribution in [2.24, 2.45) is 0 Å². The van der Waals surface area contributed by atoms with Crippen molar-refractivity contribution in [2.75, 3.05) is 12.4 Å². The molecule has 0 bridgehead atoms. The van der Waals surface area contributed by atoms with Crippen molar-refractivity contribution in [1.29, 1.82) is 5.26 Å². The third kappa shape index (κ3) is 2.50. The van der Waals surface area contributed by atoms with Gasteiger partial charge in [0.15, 0.2) is 5.88 Å². The van der Waals surface area contributed by atoms with Crippen LogP contribution >= 0.6 is 0 Å². The van der Waals surface area contributed by atoms with Crippen LogP contribution in [0.5, 0.6) is 5.75 Å². The number of carbonyl (C=O) groups is 1. The number of carboxylic acids is 1. The van der Waals surface area contributed by atoms with Crippen LogP contribution in [0.2, 0.25) is 0 Å². The lowest BCUT2D eigenvalue weighted by Crippen LogP contribution is -1.97. The second kappa shape index (κ2) is 5.14. The summed E-state index contributed by atoms with van der Waals surface area (Å²) in [6, 6.07) is 9.80. The van der Waals surface area contributed by atoms with Gasteiger partial charge in [0.05, 0.1) is 12.7 Å². The number of methoxy groups -OCH3 is 1. The molecule has 0 spiro atoms. The zero-order valence-electron chi connectivity index (χ0n) is 10.0. The number of ether oxygens (including phenoxy) is 1. The number of hydrogen-bond donors (Lipinski definition) is 2. The highest BCUT2D eigenvalue weighted by Crippen LogP contribution is 2.31. The maximum atomic E-state index is 10.7. The molecule has 19 heavy (non-hydrogen) atoms. The number of hydrogen-bond acceptors (Lipinski definition) is 5. The predicted molar refractivity (Wildman–Crippen MR) is 66.7 cm³/mol. The number of nitrogens with one attached hydrogen (secondary N) is 1. The molecule has 0 aliphatic heterocycles. The van der Waals surface area contributed by atoms with Crippen LogP contribution in [-0.4, -0.2) is 18.2 Å². The van der Waals surface area contributed by atoms with Crippen LogP contribution in [0, 0.1) is 11.3 Å². The summed E-state index contributed by atoms with van der Waals surface area (Å²) in [4.78, 5) is 10.7. The van der Waals surface area contributed by atoms with Crippen molar-refractivity contribution >= 4 is 17.5 Å². The monoisotopic (exact) mass is 258 g/mol. The molecule has 96 valence electrons. The molecule has 2 N–H and O–H groups in total. The number of aromatic carboxylic acids is 1. The van der Waals surface area contributed by atoms with E-state index in [9.17, 15) is 4.79 Å². The molecule has 6 nitrogen and oxygen atoms in total. The number of anilines is 2. The van der Waals surface area contributed by atoms with Gasteiger partial charge in [0, 0.05) is 6.07 Å². The van der Waals surface area contributed by atoms with Crippen LogP contribution in [0.4, 0.5) is 11.6 Å². The Balaban J connectivity index is 2.37. The molecule has 0 atom stereocenters. The fourth-order valence-electron chi connectivity index (χ4n) is 1.57. The summed E-state index contributed by atoms with van der Waals surface area (Å²) < 4.78 is 10.2. The maximum Gasteiger partial charge on any atom is 0.371 e. The van der Waals surface area contributed by atoms with Crippen LogP contribution in [0.3, 0.4) is 0 Å². The first-order valence-electron chi connectivity index (χ1n) is 5.33. The largest absolute Gasteiger partial charge is 0.495 e. The van der Waals surface area contributed by atoms with Crippen LogP contribution < -0.4 is 10.1 Å². The number of benzene rings is 1. The smallest absolute Gasteiger partial charge is 0.371 e. The molecular weight excluding hydrogens is 248 g/mol. The second-order valence-electron chi connectivity index (χ2n) is 3.59. The van der Waals surface area contributed by atoms with Crippen molar-refractivity contribution in [3.05, 3.63) is 41.7 Å². The Morgan fingerprint density at radius 3 is 2.79 bits per heavy atom. The Hall–Kier alpha value is -2.94. The summed E-state index contributed by atoms with van der Waals surface area (Å²) >= 11 is 0. The van der Waals surface area contributed by atoms with E-state index >= 15 is 0 Å². The molecule has 0 unspecified atom stereocenters. The fraction of sp³-hybridized carbons (Fsp3) is 0.0769. The molecule has 0 saturated carbocycles. The third-order valence-corrected chi connectivity index (χ3v) is 2.43. The molecule has 0 radical (unpaired) electrons. The molecule has 6 heteroatoms. The summed E-state index contributed by atoms with van der Waals surface area (Å²) in [5.41, 5.74) is 0.798. The van der Waals surface area contributed by atoms with Gasteiger partial charge < -0.3 is 19.6 Å². The zero-order valence-corrected chi connectivity index (χ0v) is 10.0. The molecule has 0 aliphatic carbocycles. The zero-order chi connectivity index (χ0) is 13.8. The van der Waals surface area contributed by atoms with Crippen LogP contribution in [0.25, 0.3) is 0 Å². The van der Waals surface area contributed by atoms with Gasteiger partial charge >= 0.3 is 5.97 Å². The molecule has 0 fully saturated rings. The van der Waals surface area contributed by atoms with Crippen molar-refractivity contribution in [3.8, 4) is 11.8 Å². The van der Waals surface area contributed by atoms with Gasteiger partial charge in [-0.3, -0.25) is 0 Å². The molecular formula is C13H10N2O4. The van der Waals surface area contributed by atoms with E-state index in [2.05, 4.69) is 5.32 Å². The van der Waals surface area contributed by atoms with E-state index in [1.54, 1.807) is 18.2 Å². The highest BCUT2D eigenvalue weighted by Gasteiger charge is 2.13. The topological polar surface area (TPSA) is 95.5 Å². The van der Waals surface area contributed by atoms with E-state index in [4.69, 9.17) is 19.5 Å². The Labute approximate surface area is 108 Å². The lowest BCUT2D eigenvalue weighted by molar-refractivity contribution is 0.0663. The number of carboxylic acid groups (broad SMARTS) is 1. The normalized spacial score (nSPS) is 9.68. The van der Waals surface area contributed by atoms with Gasteiger partial charge in [-0.25, -0.2) is 4.79 Å². The van der Waals surface area contributed by atoms with E-state index in [1.807, 2.05) is 6.07 Å². The van der Waals surface area contributed by atoms with Crippen molar-refractivity contribution in [1.82, 2.24) is 0 Å². The average molecular weight is 258 g/mol. The van der Waals surface area contributed by atoms with E-state index in [0.717, 1.165) is 0 Å². The number of nitriles is 1. The fourth-order valence-corrected chi connectivity index (χ4v) is 1.57. The molecule has 1 heterocycles. The summed E-state index contributed by atoms with van der Waals surface area (Å²) in [5, 5.41) is 20.6. The minimum atomic E-state index is -1.16. The molecule has 1 aromatic heterocycles. The highest BCUT2D eigenvalue weighted by atomic mass is 16.5. The highest BCUT2D eigenvalue weighted by molar-refractivity contribution is 5.85. The Kier molecular flexibility index (Phi) is 3.39. The third-order valence-electron chi connectivity index (χ3n) is 2.43. The lowest BCUT2D eigenvalue weighted by Gasteiger charge is -2.10. The maximum absolute atomic E-state index is 10.7. The Bertz CT molecular complexity index is 655. The van der Waals surface area contributed by atoms with Crippen molar-refractivity contribution < 1.29 is 19.1 Å². The van der Waals surface area contributed by atoms with Crippen LogP contribution in [-0.2, 0) is 0 Å². The lowest BCUT2D eigenvalue weighted by atomic mass is 10.2. The first-order valence-corrected chi connectivity index (χ1v) is 5.33. The Morgan fingerprint density at radius 1 is 1.42 bits per heavy atom. The SMILES string of the molecule is COc1cccc(C#N)c1Nc1ccc(C(=O)O)o1. The summed E-state index contributed by atoms with van der Waals surface area (Å²) in [6.45, 7) is 0. The number of furan rings is 1. The molecule has 1 aromatic carbocycles. The molecule has 2 aromatic rings. The van der Waals surface area contributed by atoms with E-state index in [-0.39, 0.29) is 11.6 Å². The molecule has 0 amide bonds. The Morgan fingerprint density at radius 2 is 2.21 bits per heavy atom. The number of rotatable bonds is 4. The molecule has 0 saturated heterocycles. The van der Waals surface area contributed by atoms with Gasteiger partial charge in [0.25, 0.3) is 0 Å². The second-order valence-corrected chi connectivity index (χ2v) is 3.59. The van der Waals surface area contributed by atoms with Gasteiger partial charge in [-0.1, -0.05) is 6.07 Å².